The number of hydrogen-bond acceptors (Lipinski definition) is 5. The topological polar surface area (TPSA) is 59.5 Å². The second-order valence-electron chi connectivity index (χ2n) is 6.20. The lowest BCUT2D eigenvalue weighted by Crippen LogP contribution is -2.34. The van der Waals surface area contributed by atoms with Crippen LogP contribution in [0, 0.1) is 0 Å². The van der Waals surface area contributed by atoms with Crippen molar-refractivity contribution in [2.75, 3.05) is 13.1 Å². The number of pyridine rings is 1. The van der Waals surface area contributed by atoms with Gasteiger partial charge in [0, 0.05) is 24.7 Å². The molecule has 0 spiro atoms. The summed E-state index contributed by atoms with van der Waals surface area (Å²) in [7, 11) is 0. The Labute approximate surface area is 135 Å². The first-order chi connectivity index (χ1) is 11.3. The van der Waals surface area contributed by atoms with Gasteiger partial charge in [-0.3, -0.25) is 9.30 Å². The Morgan fingerprint density at radius 3 is 3.13 bits per heavy atom. The van der Waals surface area contributed by atoms with Gasteiger partial charge in [-0.25, -0.2) is 0 Å². The molecule has 0 amide bonds. The van der Waals surface area contributed by atoms with Gasteiger partial charge >= 0.3 is 0 Å². The van der Waals surface area contributed by atoms with E-state index in [1.165, 1.54) is 6.42 Å². The minimum atomic E-state index is 0.412. The third-order valence-corrected chi connectivity index (χ3v) is 4.56. The molecule has 3 aromatic rings. The fourth-order valence-corrected chi connectivity index (χ4v) is 3.37. The molecular formula is C17H21N5O. The van der Waals surface area contributed by atoms with Gasteiger partial charge in [0.15, 0.2) is 11.4 Å². The molecule has 1 fully saturated rings. The average Bonchev–Trinajstić information content (AvgIpc) is 3.21. The normalized spacial score (nSPS) is 19.4. The van der Waals surface area contributed by atoms with Gasteiger partial charge in [0.2, 0.25) is 0 Å². The van der Waals surface area contributed by atoms with Crippen LogP contribution >= 0.6 is 0 Å². The Morgan fingerprint density at radius 1 is 1.30 bits per heavy atom. The molecule has 4 rings (SSSR count). The molecule has 0 bridgehead atoms. The van der Waals surface area contributed by atoms with Crippen molar-refractivity contribution in [1.29, 1.82) is 0 Å². The van der Waals surface area contributed by atoms with E-state index in [0.717, 1.165) is 55.4 Å². The molecule has 120 valence electrons. The van der Waals surface area contributed by atoms with Gasteiger partial charge in [-0.1, -0.05) is 18.1 Å². The van der Waals surface area contributed by atoms with Crippen LogP contribution in [0.5, 0.6) is 0 Å². The second kappa shape index (κ2) is 6.12. The molecule has 1 unspecified atom stereocenters. The van der Waals surface area contributed by atoms with Crippen molar-refractivity contribution < 1.29 is 4.52 Å². The van der Waals surface area contributed by atoms with Crippen LogP contribution in [0.2, 0.25) is 0 Å². The van der Waals surface area contributed by atoms with Crippen molar-refractivity contribution in [3.63, 3.8) is 0 Å². The van der Waals surface area contributed by atoms with Crippen LogP contribution in [0.1, 0.15) is 43.0 Å². The van der Waals surface area contributed by atoms with Crippen molar-refractivity contribution in [3.05, 3.63) is 47.7 Å². The first kappa shape index (κ1) is 14.4. The lowest BCUT2D eigenvalue weighted by molar-refractivity contribution is 0.177. The van der Waals surface area contributed by atoms with Crippen molar-refractivity contribution in [2.45, 2.75) is 38.6 Å². The summed E-state index contributed by atoms with van der Waals surface area (Å²) in [5.41, 5.74) is 1.94. The van der Waals surface area contributed by atoms with E-state index in [1.54, 1.807) is 0 Å². The van der Waals surface area contributed by atoms with Crippen molar-refractivity contribution in [2.24, 2.45) is 0 Å². The molecule has 0 aromatic carbocycles. The Balaban J connectivity index is 1.50. The Bertz CT molecular complexity index is 793. The van der Waals surface area contributed by atoms with E-state index in [2.05, 4.69) is 37.6 Å². The van der Waals surface area contributed by atoms with Crippen LogP contribution in [0.4, 0.5) is 0 Å². The van der Waals surface area contributed by atoms with Gasteiger partial charge < -0.3 is 4.52 Å². The van der Waals surface area contributed by atoms with E-state index in [9.17, 15) is 0 Å². The molecule has 0 radical (unpaired) electrons. The number of piperidine rings is 1. The first-order valence-corrected chi connectivity index (χ1v) is 8.30. The molecular weight excluding hydrogens is 290 g/mol. The van der Waals surface area contributed by atoms with Crippen LogP contribution in [-0.4, -0.2) is 37.7 Å². The molecule has 23 heavy (non-hydrogen) atoms. The van der Waals surface area contributed by atoms with Crippen LogP contribution in [-0.2, 0) is 13.0 Å². The third-order valence-electron chi connectivity index (χ3n) is 4.56. The zero-order valence-electron chi connectivity index (χ0n) is 13.4. The summed E-state index contributed by atoms with van der Waals surface area (Å²) in [6, 6.07) is 8.09. The Kier molecular flexibility index (Phi) is 3.83. The van der Waals surface area contributed by atoms with Gasteiger partial charge in [0.1, 0.15) is 5.82 Å². The molecule has 1 aliphatic heterocycles. The first-order valence-electron chi connectivity index (χ1n) is 8.30. The number of hydrogen-bond donors (Lipinski definition) is 0. The lowest BCUT2D eigenvalue weighted by Gasteiger charge is -2.31. The van der Waals surface area contributed by atoms with E-state index in [4.69, 9.17) is 4.52 Å². The highest BCUT2D eigenvalue weighted by atomic mass is 16.5. The predicted molar refractivity (Wildman–Crippen MR) is 86.1 cm³/mol. The number of likely N-dealkylation sites (tertiary alicyclic amines) is 1. The van der Waals surface area contributed by atoms with Crippen molar-refractivity contribution >= 4 is 5.65 Å². The fraction of sp³-hybridized carbons (Fsp3) is 0.471. The average molecular weight is 311 g/mol. The summed E-state index contributed by atoms with van der Waals surface area (Å²) in [4.78, 5) is 2.43. The Morgan fingerprint density at radius 2 is 2.26 bits per heavy atom. The van der Waals surface area contributed by atoms with Crippen molar-refractivity contribution in [1.82, 2.24) is 24.7 Å². The second-order valence-corrected chi connectivity index (χ2v) is 6.20. The number of fused-ring (bicyclic) bond motifs is 1. The SMILES string of the molecule is CCc1cc(CN2CCCC(c3nnc4ccccn34)C2)on1. The van der Waals surface area contributed by atoms with Gasteiger partial charge in [0.05, 0.1) is 12.2 Å². The number of aryl methyl sites for hydroxylation is 1. The minimum absolute atomic E-state index is 0.412. The number of aromatic nitrogens is 4. The maximum atomic E-state index is 5.43. The smallest absolute Gasteiger partial charge is 0.160 e. The van der Waals surface area contributed by atoms with E-state index >= 15 is 0 Å². The lowest BCUT2D eigenvalue weighted by atomic mass is 9.97. The van der Waals surface area contributed by atoms with Crippen LogP contribution in [0.3, 0.4) is 0 Å². The van der Waals surface area contributed by atoms with Crippen LogP contribution in [0.15, 0.2) is 35.0 Å². The molecule has 6 heteroatoms. The molecule has 4 heterocycles. The number of nitrogens with zero attached hydrogens (tertiary/aromatic N) is 5. The maximum Gasteiger partial charge on any atom is 0.160 e. The van der Waals surface area contributed by atoms with Gasteiger partial charge in [0.25, 0.3) is 0 Å². The molecule has 6 nitrogen and oxygen atoms in total. The highest BCUT2D eigenvalue weighted by Crippen LogP contribution is 2.27. The zero-order valence-corrected chi connectivity index (χ0v) is 13.4. The highest BCUT2D eigenvalue weighted by molar-refractivity contribution is 5.37. The van der Waals surface area contributed by atoms with Gasteiger partial charge in [-0.2, -0.15) is 0 Å². The molecule has 1 atom stereocenters. The predicted octanol–water partition coefficient (Wildman–Crippen LogP) is 2.66. The standard InChI is InChI=1S/C17H21N5O/c1-2-14-10-15(23-20-14)12-21-8-5-6-13(11-21)17-19-18-16-7-3-4-9-22(16)17/h3-4,7,9-10,13H,2,5-6,8,11-12H2,1H3. The summed E-state index contributed by atoms with van der Waals surface area (Å²) in [6.07, 6.45) is 5.29. The number of rotatable bonds is 4. The van der Waals surface area contributed by atoms with E-state index in [-0.39, 0.29) is 0 Å². The molecule has 1 aliphatic rings. The van der Waals surface area contributed by atoms with Crippen LogP contribution in [0.25, 0.3) is 5.65 Å². The summed E-state index contributed by atoms with van der Waals surface area (Å²) >= 11 is 0. The highest BCUT2D eigenvalue weighted by Gasteiger charge is 2.25. The molecule has 3 aromatic heterocycles. The summed E-state index contributed by atoms with van der Waals surface area (Å²) in [5, 5.41) is 12.8. The monoisotopic (exact) mass is 311 g/mol. The van der Waals surface area contributed by atoms with E-state index in [0.29, 0.717) is 5.92 Å². The molecule has 1 saturated heterocycles. The van der Waals surface area contributed by atoms with Crippen molar-refractivity contribution in [3.8, 4) is 0 Å². The quantitative estimate of drug-likeness (QED) is 0.741. The van der Waals surface area contributed by atoms with Gasteiger partial charge in [-0.15, -0.1) is 10.2 Å². The molecule has 0 N–H and O–H groups in total. The van der Waals surface area contributed by atoms with E-state index < -0.39 is 0 Å². The summed E-state index contributed by atoms with van der Waals surface area (Å²) in [5.74, 6) is 2.43. The molecule has 0 saturated carbocycles. The summed E-state index contributed by atoms with van der Waals surface area (Å²) < 4.78 is 7.54. The zero-order chi connectivity index (χ0) is 15.6. The van der Waals surface area contributed by atoms with Crippen LogP contribution < -0.4 is 0 Å². The molecule has 0 aliphatic carbocycles. The minimum Gasteiger partial charge on any atom is -0.360 e. The largest absolute Gasteiger partial charge is 0.360 e. The Hall–Kier alpha value is -2.21. The fourth-order valence-electron chi connectivity index (χ4n) is 3.37. The van der Waals surface area contributed by atoms with E-state index in [1.807, 2.05) is 24.4 Å². The third kappa shape index (κ3) is 2.86. The van der Waals surface area contributed by atoms with Gasteiger partial charge in [-0.05, 0) is 37.9 Å². The maximum absolute atomic E-state index is 5.43. The summed E-state index contributed by atoms with van der Waals surface area (Å²) in [6.45, 7) is 4.99.